The molecule has 0 fully saturated rings. The lowest BCUT2D eigenvalue weighted by atomic mass is 9.94. The number of hydrogen-bond donors (Lipinski definition) is 0. The third-order valence-electron chi connectivity index (χ3n) is 13.1. The molecule has 0 aliphatic rings. The summed E-state index contributed by atoms with van der Waals surface area (Å²) in [6.45, 7) is 0. The van der Waals surface area contributed by atoms with Gasteiger partial charge in [-0.1, -0.05) is 170 Å². The van der Waals surface area contributed by atoms with Gasteiger partial charge in [0.2, 0.25) is 0 Å². The third-order valence-corrected chi connectivity index (χ3v) is 13.1. The van der Waals surface area contributed by atoms with Crippen LogP contribution in [-0.2, 0) is 0 Å². The van der Waals surface area contributed by atoms with E-state index < -0.39 is 0 Å². The van der Waals surface area contributed by atoms with Crippen LogP contribution in [0.2, 0.25) is 0 Å². The van der Waals surface area contributed by atoms with Gasteiger partial charge in [0.25, 0.3) is 0 Å². The first kappa shape index (κ1) is 36.9. The van der Waals surface area contributed by atoms with Gasteiger partial charge in [-0.25, -0.2) is 0 Å². The van der Waals surface area contributed by atoms with Gasteiger partial charge in [-0.15, -0.1) is 0 Å². The molecular formula is C62H40N2O. The van der Waals surface area contributed by atoms with Crippen molar-refractivity contribution in [3.8, 4) is 39.1 Å². The van der Waals surface area contributed by atoms with Gasteiger partial charge in [0.05, 0.1) is 27.8 Å². The molecule has 0 saturated carbocycles. The second-order valence-electron chi connectivity index (χ2n) is 16.9. The highest BCUT2D eigenvalue weighted by molar-refractivity contribution is 6.16. The van der Waals surface area contributed by atoms with E-state index in [4.69, 9.17) is 4.42 Å². The molecule has 0 spiro atoms. The predicted molar refractivity (Wildman–Crippen MR) is 274 cm³/mol. The summed E-state index contributed by atoms with van der Waals surface area (Å²) in [6, 6.07) is 87.7. The molecule has 0 aliphatic carbocycles. The van der Waals surface area contributed by atoms with Crippen molar-refractivity contribution in [2.45, 2.75) is 0 Å². The average molecular weight is 829 g/mol. The van der Waals surface area contributed by atoms with Crippen molar-refractivity contribution in [1.82, 2.24) is 4.57 Å². The Hall–Kier alpha value is -8.66. The van der Waals surface area contributed by atoms with Crippen molar-refractivity contribution in [2.75, 3.05) is 4.90 Å². The second-order valence-corrected chi connectivity index (χ2v) is 16.9. The van der Waals surface area contributed by atoms with Crippen LogP contribution in [0, 0.1) is 0 Å². The summed E-state index contributed by atoms with van der Waals surface area (Å²) in [5, 5.41) is 9.43. The third kappa shape index (κ3) is 6.12. The number of para-hydroxylation sites is 1. The van der Waals surface area contributed by atoms with Crippen LogP contribution in [0.1, 0.15) is 0 Å². The summed E-state index contributed by atoms with van der Waals surface area (Å²) in [7, 11) is 0. The van der Waals surface area contributed by atoms with E-state index in [0.29, 0.717) is 0 Å². The number of rotatable bonds is 7. The van der Waals surface area contributed by atoms with Gasteiger partial charge >= 0.3 is 0 Å². The number of nitrogens with zero attached hydrogens (tertiary/aromatic N) is 2. The van der Waals surface area contributed by atoms with Crippen LogP contribution in [0.3, 0.4) is 0 Å². The Balaban J connectivity index is 1.03. The predicted octanol–water partition coefficient (Wildman–Crippen LogP) is 17.5. The number of furan rings is 1. The van der Waals surface area contributed by atoms with E-state index >= 15 is 0 Å². The zero-order valence-corrected chi connectivity index (χ0v) is 35.4. The van der Waals surface area contributed by atoms with E-state index in [2.05, 4.69) is 252 Å². The first-order valence-electron chi connectivity index (χ1n) is 22.2. The minimum absolute atomic E-state index is 0.843. The van der Waals surface area contributed by atoms with E-state index in [0.717, 1.165) is 55.6 Å². The van der Waals surface area contributed by atoms with Crippen LogP contribution in [0.5, 0.6) is 0 Å². The normalized spacial score (nSPS) is 11.7. The van der Waals surface area contributed by atoms with Crippen molar-refractivity contribution in [3.63, 3.8) is 0 Å². The van der Waals surface area contributed by atoms with E-state index in [1.54, 1.807) is 0 Å². The summed E-state index contributed by atoms with van der Waals surface area (Å²) in [4.78, 5) is 2.42. The largest absolute Gasteiger partial charge is 0.456 e. The smallest absolute Gasteiger partial charge is 0.137 e. The molecule has 0 saturated heterocycles. The summed E-state index contributed by atoms with van der Waals surface area (Å²) in [6.07, 6.45) is 0. The minimum Gasteiger partial charge on any atom is -0.456 e. The highest BCUT2D eigenvalue weighted by Crippen LogP contribution is 2.46. The number of anilines is 3. The quantitative estimate of drug-likeness (QED) is 0.160. The molecule has 11 aromatic carbocycles. The van der Waals surface area contributed by atoms with Gasteiger partial charge in [-0.2, -0.15) is 0 Å². The highest BCUT2D eigenvalue weighted by Gasteiger charge is 2.23. The van der Waals surface area contributed by atoms with Crippen LogP contribution in [0.4, 0.5) is 17.1 Å². The Labute approximate surface area is 376 Å². The molecule has 0 N–H and O–H groups in total. The lowest BCUT2D eigenvalue weighted by Crippen LogP contribution is -2.10. The molecule has 3 nitrogen and oxygen atoms in total. The maximum atomic E-state index is 6.84. The fourth-order valence-corrected chi connectivity index (χ4v) is 10.1. The SMILES string of the molecule is c1ccc(-c2ccccc2-c2ccc3c(c2)oc2cccc(N(c4cccc(-c5ccc6ccccc6c5)c4)c4ccc5c(c4)c4ccccc4n5-c4cccc5ccccc45)c23)cc1. The lowest BCUT2D eigenvalue weighted by molar-refractivity contribution is 0.669. The van der Waals surface area contributed by atoms with Crippen molar-refractivity contribution in [2.24, 2.45) is 0 Å². The number of aromatic nitrogens is 1. The monoisotopic (exact) mass is 828 g/mol. The molecule has 304 valence electrons. The molecule has 0 aliphatic heterocycles. The summed E-state index contributed by atoms with van der Waals surface area (Å²) < 4.78 is 9.27. The molecule has 2 heterocycles. The van der Waals surface area contributed by atoms with Crippen LogP contribution in [0.25, 0.3) is 104 Å². The van der Waals surface area contributed by atoms with Crippen molar-refractivity contribution >= 4 is 82.4 Å². The van der Waals surface area contributed by atoms with Crippen LogP contribution in [-0.4, -0.2) is 4.57 Å². The number of fused-ring (bicyclic) bond motifs is 8. The molecule has 0 bridgehead atoms. The lowest BCUT2D eigenvalue weighted by Gasteiger charge is -2.27. The summed E-state index contributed by atoms with van der Waals surface area (Å²) >= 11 is 0. The number of hydrogen-bond acceptors (Lipinski definition) is 2. The first-order valence-corrected chi connectivity index (χ1v) is 22.2. The van der Waals surface area contributed by atoms with E-state index in [-0.39, 0.29) is 0 Å². The molecule has 3 heteroatoms. The van der Waals surface area contributed by atoms with Crippen LogP contribution >= 0.6 is 0 Å². The molecular weight excluding hydrogens is 789 g/mol. The average Bonchev–Trinajstić information content (AvgIpc) is 3.92. The Morgan fingerprint density at radius 1 is 0.323 bits per heavy atom. The molecule has 0 unspecified atom stereocenters. The Morgan fingerprint density at radius 3 is 1.86 bits per heavy atom. The Kier molecular flexibility index (Phi) is 8.53. The van der Waals surface area contributed by atoms with Crippen LogP contribution in [0.15, 0.2) is 247 Å². The summed E-state index contributed by atoms with van der Waals surface area (Å²) in [5.74, 6) is 0. The molecule has 0 amide bonds. The van der Waals surface area contributed by atoms with Crippen molar-refractivity contribution < 1.29 is 4.42 Å². The van der Waals surface area contributed by atoms with Gasteiger partial charge < -0.3 is 13.9 Å². The van der Waals surface area contributed by atoms with Gasteiger partial charge in [-0.3, -0.25) is 0 Å². The van der Waals surface area contributed by atoms with Crippen LogP contribution < -0.4 is 4.90 Å². The first-order chi connectivity index (χ1) is 32.2. The van der Waals surface area contributed by atoms with E-state index in [9.17, 15) is 0 Å². The maximum Gasteiger partial charge on any atom is 0.137 e. The summed E-state index contributed by atoms with van der Waals surface area (Å²) in [5.41, 5.74) is 15.4. The maximum absolute atomic E-state index is 6.84. The van der Waals surface area contributed by atoms with Gasteiger partial charge in [-0.05, 0) is 122 Å². The zero-order chi connectivity index (χ0) is 42.8. The highest BCUT2D eigenvalue weighted by atomic mass is 16.3. The van der Waals surface area contributed by atoms with Crippen molar-refractivity contribution in [3.05, 3.63) is 243 Å². The Bertz CT molecular complexity index is 3960. The van der Waals surface area contributed by atoms with Gasteiger partial charge in [0.15, 0.2) is 0 Å². The standard InChI is InChI=1S/C62H40N2O/c1-2-16-42(17-3-1)50-23-8-9-24-51(50)47-33-35-54-61(39-47)65-60-30-14-29-59(62(54)60)63(48-22-12-21-45(38-48)46-32-31-41-15-4-5-19-44(41)37-46)49-34-36-58-55(40-49)53-26-10-11-27-57(53)64(58)56-28-13-20-43-18-6-7-25-52(43)56/h1-40H. The minimum atomic E-state index is 0.843. The molecule has 2 aromatic heterocycles. The van der Waals surface area contributed by atoms with E-state index in [1.807, 2.05) is 0 Å². The van der Waals surface area contributed by atoms with E-state index in [1.165, 1.54) is 65.8 Å². The second kappa shape index (κ2) is 15.0. The van der Waals surface area contributed by atoms with Crippen molar-refractivity contribution in [1.29, 1.82) is 0 Å². The van der Waals surface area contributed by atoms with Gasteiger partial charge in [0, 0.05) is 32.9 Å². The topological polar surface area (TPSA) is 21.3 Å². The zero-order valence-electron chi connectivity index (χ0n) is 35.4. The Morgan fingerprint density at radius 2 is 0.969 bits per heavy atom. The fourth-order valence-electron chi connectivity index (χ4n) is 10.1. The number of benzene rings is 11. The molecule has 0 atom stereocenters. The molecule has 65 heavy (non-hydrogen) atoms. The van der Waals surface area contributed by atoms with Gasteiger partial charge in [0.1, 0.15) is 11.2 Å². The molecule has 13 rings (SSSR count). The molecule has 13 aromatic rings. The fraction of sp³-hybridized carbons (Fsp3) is 0. The molecule has 0 radical (unpaired) electrons.